The third-order valence-electron chi connectivity index (χ3n) is 4.96. The van der Waals surface area contributed by atoms with Crippen molar-refractivity contribution in [3.05, 3.63) is 52.6 Å². The van der Waals surface area contributed by atoms with Gasteiger partial charge in [-0.1, -0.05) is 6.07 Å². The van der Waals surface area contributed by atoms with Crippen molar-refractivity contribution in [3.63, 3.8) is 0 Å². The molecule has 3 aromatic heterocycles. The number of imidazole rings is 1. The molecule has 0 amide bonds. The maximum atomic E-state index is 12.9. The van der Waals surface area contributed by atoms with Gasteiger partial charge in [0.05, 0.1) is 11.7 Å². The van der Waals surface area contributed by atoms with Crippen LogP contribution in [0.3, 0.4) is 0 Å². The van der Waals surface area contributed by atoms with Crippen molar-refractivity contribution in [1.29, 1.82) is 0 Å². The third kappa shape index (κ3) is 3.36. The molecule has 0 saturated carbocycles. The van der Waals surface area contributed by atoms with Crippen molar-refractivity contribution in [2.75, 3.05) is 13.1 Å². The van der Waals surface area contributed by atoms with Gasteiger partial charge in [0.25, 0.3) is 0 Å². The summed E-state index contributed by atoms with van der Waals surface area (Å²) < 4.78 is 42.4. The average Bonchev–Trinajstić information content (AvgIpc) is 3.16. The molecular formula is C17H19F3N6O. The highest BCUT2D eigenvalue weighted by Crippen LogP contribution is 2.28. The molecule has 27 heavy (non-hydrogen) atoms. The van der Waals surface area contributed by atoms with E-state index in [1.54, 1.807) is 0 Å². The van der Waals surface area contributed by atoms with E-state index in [9.17, 15) is 18.0 Å². The minimum atomic E-state index is -4.64. The number of hydrogen-bond acceptors (Lipinski definition) is 4. The van der Waals surface area contributed by atoms with E-state index in [2.05, 4.69) is 15.0 Å². The van der Waals surface area contributed by atoms with Crippen LogP contribution in [0.4, 0.5) is 13.2 Å². The number of nitrogens with zero attached hydrogens (tertiary/aromatic N) is 6. The lowest BCUT2D eigenvalue weighted by Crippen LogP contribution is -2.37. The summed E-state index contributed by atoms with van der Waals surface area (Å²) in [6.07, 6.45) is 0.413. The highest BCUT2D eigenvalue weighted by molar-refractivity contribution is 5.39. The first-order valence-electron chi connectivity index (χ1n) is 8.70. The zero-order valence-corrected chi connectivity index (χ0v) is 14.7. The van der Waals surface area contributed by atoms with Crippen LogP contribution < -0.4 is 5.69 Å². The second-order valence-electron chi connectivity index (χ2n) is 6.81. The number of likely N-dealkylation sites (tertiary alicyclic amines) is 1. The molecule has 0 N–H and O–H groups in total. The van der Waals surface area contributed by atoms with E-state index in [1.165, 1.54) is 0 Å². The molecule has 0 unspecified atom stereocenters. The quantitative estimate of drug-likeness (QED) is 0.698. The number of hydrogen-bond donors (Lipinski definition) is 0. The Morgan fingerprint density at radius 2 is 1.96 bits per heavy atom. The molecule has 0 aliphatic carbocycles. The summed E-state index contributed by atoms with van der Waals surface area (Å²) in [5, 5.41) is 3.55. The standard InChI is InChI=1S/C17H19F3N6O/c1-23-15(17(18,19)20)22-26(16(23)27)13-5-8-24(9-6-13)10-12-11-25-7-3-2-4-14(25)21-12/h2-4,7,11,13H,5-6,8-10H2,1H3. The Balaban J connectivity index is 1.44. The van der Waals surface area contributed by atoms with Gasteiger partial charge in [0.15, 0.2) is 0 Å². The van der Waals surface area contributed by atoms with Crippen LogP contribution in [0.5, 0.6) is 0 Å². The van der Waals surface area contributed by atoms with Gasteiger partial charge in [-0.15, -0.1) is 5.10 Å². The van der Waals surface area contributed by atoms with Gasteiger partial charge in [-0.3, -0.25) is 9.47 Å². The molecule has 0 bridgehead atoms. The fraction of sp³-hybridized carbons (Fsp3) is 0.471. The number of pyridine rings is 1. The first-order valence-corrected chi connectivity index (χ1v) is 8.70. The summed E-state index contributed by atoms with van der Waals surface area (Å²) in [4.78, 5) is 18.9. The lowest BCUT2D eigenvalue weighted by Gasteiger charge is -2.30. The largest absolute Gasteiger partial charge is 0.451 e. The van der Waals surface area contributed by atoms with Crippen molar-refractivity contribution < 1.29 is 13.2 Å². The number of alkyl halides is 3. The second-order valence-corrected chi connectivity index (χ2v) is 6.81. The Bertz CT molecular complexity index is 977. The molecule has 1 aliphatic heterocycles. The fourth-order valence-corrected chi connectivity index (χ4v) is 3.56. The monoisotopic (exact) mass is 380 g/mol. The number of rotatable bonds is 3. The first-order chi connectivity index (χ1) is 12.8. The van der Waals surface area contributed by atoms with Crippen molar-refractivity contribution in [1.82, 2.24) is 28.6 Å². The molecule has 0 aromatic carbocycles. The molecule has 0 radical (unpaired) electrons. The van der Waals surface area contributed by atoms with Crippen molar-refractivity contribution in [2.24, 2.45) is 7.05 Å². The van der Waals surface area contributed by atoms with E-state index in [1.807, 2.05) is 35.0 Å². The minimum absolute atomic E-state index is 0.322. The van der Waals surface area contributed by atoms with Crippen LogP contribution in [-0.4, -0.2) is 41.7 Å². The van der Waals surface area contributed by atoms with E-state index in [0.29, 0.717) is 37.0 Å². The molecule has 0 spiro atoms. The predicted molar refractivity (Wildman–Crippen MR) is 91.2 cm³/mol. The van der Waals surface area contributed by atoms with Crippen LogP contribution in [0.2, 0.25) is 0 Å². The van der Waals surface area contributed by atoms with Gasteiger partial charge in [0.1, 0.15) is 5.65 Å². The van der Waals surface area contributed by atoms with Crippen LogP contribution in [0.25, 0.3) is 5.65 Å². The molecule has 4 rings (SSSR count). The topological polar surface area (TPSA) is 60.4 Å². The fourth-order valence-electron chi connectivity index (χ4n) is 3.56. The van der Waals surface area contributed by atoms with Crippen molar-refractivity contribution in [3.8, 4) is 0 Å². The molecule has 1 aliphatic rings. The Labute approximate surface area is 152 Å². The maximum Gasteiger partial charge on any atom is 0.451 e. The van der Waals surface area contributed by atoms with E-state index in [-0.39, 0.29) is 6.04 Å². The number of fused-ring (bicyclic) bond motifs is 1. The summed E-state index contributed by atoms with van der Waals surface area (Å²) in [6.45, 7) is 2.01. The third-order valence-corrected chi connectivity index (χ3v) is 4.96. The average molecular weight is 380 g/mol. The van der Waals surface area contributed by atoms with Gasteiger partial charge in [0.2, 0.25) is 5.82 Å². The number of aromatic nitrogens is 5. The first kappa shape index (κ1) is 17.8. The lowest BCUT2D eigenvalue weighted by atomic mass is 10.1. The van der Waals surface area contributed by atoms with E-state index < -0.39 is 17.7 Å². The molecule has 144 valence electrons. The van der Waals surface area contributed by atoms with Gasteiger partial charge in [-0.05, 0) is 25.0 Å². The Morgan fingerprint density at radius 1 is 1.22 bits per heavy atom. The number of halogens is 3. The van der Waals surface area contributed by atoms with E-state index in [4.69, 9.17) is 0 Å². The molecule has 3 aromatic rings. The smallest absolute Gasteiger partial charge is 0.307 e. The minimum Gasteiger partial charge on any atom is -0.307 e. The normalized spacial score (nSPS) is 17.0. The van der Waals surface area contributed by atoms with Crippen LogP contribution in [0, 0.1) is 0 Å². The van der Waals surface area contributed by atoms with Gasteiger partial charge >= 0.3 is 11.9 Å². The summed E-state index contributed by atoms with van der Waals surface area (Å²) in [6, 6.07) is 5.47. The molecule has 0 atom stereocenters. The van der Waals surface area contributed by atoms with E-state index >= 15 is 0 Å². The lowest BCUT2D eigenvalue weighted by molar-refractivity contribution is -0.147. The zero-order chi connectivity index (χ0) is 19.2. The molecule has 7 nitrogen and oxygen atoms in total. The second kappa shape index (κ2) is 6.52. The summed E-state index contributed by atoms with van der Waals surface area (Å²) in [5.74, 6) is -1.15. The highest BCUT2D eigenvalue weighted by atomic mass is 19.4. The molecule has 4 heterocycles. The number of piperidine rings is 1. The van der Waals surface area contributed by atoms with Crippen LogP contribution in [-0.2, 0) is 19.8 Å². The summed E-state index contributed by atoms with van der Waals surface area (Å²) in [5.41, 5.74) is 1.09. The van der Waals surface area contributed by atoms with E-state index in [0.717, 1.165) is 23.1 Å². The maximum absolute atomic E-state index is 12.9. The Kier molecular flexibility index (Phi) is 4.29. The van der Waals surface area contributed by atoms with Crippen molar-refractivity contribution >= 4 is 5.65 Å². The summed E-state index contributed by atoms with van der Waals surface area (Å²) >= 11 is 0. The molecular weight excluding hydrogens is 361 g/mol. The zero-order valence-electron chi connectivity index (χ0n) is 14.7. The molecule has 1 fully saturated rings. The molecule has 10 heteroatoms. The van der Waals surface area contributed by atoms with Crippen LogP contribution >= 0.6 is 0 Å². The SMILES string of the molecule is Cn1c(C(F)(F)F)nn(C2CCN(Cc3cn4ccccc4n3)CC2)c1=O. The Morgan fingerprint density at radius 3 is 2.59 bits per heavy atom. The summed E-state index contributed by atoms with van der Waals surface area (Å²) in [7, 11) is 1.10. The highest BCUT2D eigenvalue weighted by Gasteiger charge is 2.39. The predicted octanol–water partition coefficient (Wildman–Crippen LogP) is 2.09. The molecule has 1 saturated heterocycles. The van der Waals surface area contributed by atoms with Gasteiger partial charge in [0, 0.05) is 39.1 Å². The van der Waals surface area contributed by atoms with Crippen LogP contribution in [0.1, 0.15) is 30.4 Å². The Hall–Kier alpha value is -2.62. The van der Waals surface area contributed by atoms with Crippen LogP contribution in [0.15, 0.2) is 35.4 Å². The van der Waals surface area contributed by atoms with Crippen molar-refractivity contribution in [2.45, 2.75) is 31.6 Å². The van der Waals surface area contributed by atoms with Gasteiger partial charge in [-0.2, -0.15) is 13.2 Å². The van der Waals surface area contributed by atoms with Gasteiger partial charge < -0.3 is 4.40 Å². The van der Waals surface area contributed by atoms with Gasteiger partial charge in [-0.25, -0.2) is 14.5 Å².